The lowest BCUT2D eigenvalue weighted by atomic mass is 9.94. The van der Waals surface area contributed by atoms with E-state index >= 15 is 0 Å². The van der Waals surface area contributed by atoms with Crippen LogP contribution in [-0.4, -0.2) is 30.1 Å². The Morgan fingerprint density at radius 3 is 3.21 bits per heavy atom. The van der Waals surface area contributed by atoms with Crippen LogP contribution in [0.15, 0.2) is 18.3 Å². The van der Waals surface area contributed by atoms with Crippen molar-refractivity contribution in [1.29, 1.82) is 0 Å². The first-order chi connectivity index (χ1) is 9.20. The van der Waals surface area contributed by atoms with E-state index in [0.29, 0.717) is 24.1 Å². The number of rotatable bonds is 4. The number of carbonyl (C=O) groups is 1. The quantitative estimate of drug-likeness (QED) is 0.869. The molecule has 1 aromatic rings. The summed E-state index contributed by atoms with van der Waals surface area (Å²) >= 11 is 0. The van der Waals surface area contributed by atoms with E-state index in [1.807, 2.05) is 13.0 Å². The molecule has 1 saturated heterocycles. The Morgan fingerprint density at radius 2 is 2.47 bits per heavy atom. The van der Waals surface area contributed by atoms with E-state index in [0.717, 1.165) is 19.4 Å². The summed E-state index contributed by atoms with van der Waals surface area (Å²) in [7, 11) is 0. The predicted octanol–water partition coefficient (Wildman–Crippen LogP) is 1.81. The molecule has 2 heterocycles. The number of nitrogens with zero attached hydrogens (tertiary/aromatic N) is 1. The summed E-state index contributed by atoms with van der Waals surface area (Å²) in [6.07, 6.45) is 3.65. The molecule has 1 aliphatic heterocycles. The number of carbonyl (C=O) groups excluding carboxylic acids is 1. The second kappa shape index (κ2) is 6.52. The molecule has 2 atom stereocenters. The van der Waals surface area contributed by atoms with Crippen molar-refractivity contribution in [3.05, 3.63) is 18.3 Å². The van der Waals surface area contributed by atoms with E-state index in [2.05, 4.69) is 22.5 Å². The van der Waals surface area contributed by atoms with Gasteiger partial charge in [0, 0.05) is 6.20 Å². The second-order valence-electron chi connectivity index (χ2n) is 4.91. The van der Waals surface area contributed by atoms with Crippen LogP contribution in [0.4, 0.5) is 5.69 Å². The van der Waals surface area contributed by atoms with Crippen molar-refractivity contribution in [2.24, 2.45) is 5.92 Å². The van der Waals surface area contributed by atoms with Crippen molar-refractivity contribution in [2.75, 3.05) is 18.5 Å². The third kappa shape index (κ3) is 3.67. The van der Waals surface area contributed by atoms with E-state index in [9.17, 15) is 4.79 Å². The number of pyridine rings is 1. The highest BCUT2D eigenvalue weighted by atomic mass is 16.5. The van der Waals surface area contributed by atoms with Crippen LogP contribution in [0.25, 0.3) is 0 Å². The first-order valence-corrected chi connectivity index (χ1v) is 6.82. The van der Waals surface area contributed by atoms with Crippen LogP contribution in [0.3, 0.4) is 0 Å². The lowest BCUT2D eigenvalue weighted by Gasteiger charge is -2.27. The molecular weight excluding hydrogens is 242 g/mol. The first-order valence-electron chi connectivity index (χ1n) is 6.82. The zero-order valence-electron chi connectivity index (χ0n) is 11.5. The van der Waals surface area contributed by atoms with Crippen LogP contribution in [0, 0.1) is 5.92 Å². The van der Waals surface area contributed by atoms with Crippen molar-refractivity contribution in [2.45, 2.75) is 32.7 Å². The van der Waals surface area contributed by atoms with Crippen molar-refractivity contribution in [1.82, 2.24) is 10.3 Å². The lowest BCUT2D eigenvalue weighted by Crippen LogP contribution is -2.45. The monoisotopic (exact) mass is 263 g/mol. The molecule has 5 heteroatoms. The van der Waals surface area contributed by atoms with Crippen LogP contribution < -0.4 is 15.4 Å². The van der Waals surface area contributed by atoms with Crippen molar-refractivity contribution < 1.29 is 9.53 Å². The number of hydrogen-bond donors (Lipinski definition) is 2. The fourth-order valence-corrected chi connectivity index (χ4v) is 2.26. The maximum atomic E-state index is 12.2. The normalized spacial score (nSPS) is 22.8. The number of piperidine rings is 1. The van der Waals surface area contributed by atoms with Crippen LogP contribution >= 0.6 is 0 Å². The predicted molar refractivity (Wildman–Crippen MR) is 74.2 cm³/mol. The summed E-state index contributed by atoms with van der Waals surface area (Å²) in [6, 6.07) is 3.47. The number of aromatic nitrogens is 1. The number of hydrogen-bond acceptors (Lipinski definition) is 4. The minimum atomic E-state index is -0.126. The van der Waals surface area contributed by atoms with Crippen molar-refractivity contribution in [3.63, 3.8) is 0 Å². The molecule has 0 spiro atoms. The van der Waals surface area contributed by atoms with Gasteiger partial charge in [-0.05, 0) is 44.4 Å². The fourth-order valence-electron chi connectivity index (χ4n) is 2.26. The largest absolute Gasteiger partial charge is 0.476 e. The molecule has 1 amide bonds. The molecule has 2 N–H and O–H groups in total. The van der Waals surface area contributed by atoms with Gasteiger partial charge in [-0.15, -0.1) is 0 Å². The molecule has 1 aromatic heterocycles. The summed E-state index contributed by atoms with van der Waals surface area (Å²) in [6.45, 7) is 5.49. The van der Waals surface area contributed by atoms with E-state index in [4.69, 9.17) is 4.74 Å². The van der Waals surface area contributed by atoms with Gasteiger partial charge < -0.3 is 15.4 Å². The SMILES string of the molecule is CCOc1ncccc1NC(=O)C1CC(C)CCN1. The Bertz CT molecular complexity index is 436. The molecule has 1 aliphatic rings. The highest BCUT2D eigenvalue weighted by Gasteiger charge is 2.25. The summed E-state index contributed by atoms with van der Waals surface area (Å²) in [4.78, 5) is 16.3. The lowest BCUT2D eigenvalue weighted by molar-refractivity contribution is -0.119. The Morgan fingerprint density at radius 1 is 1.63 bits per heavy atom. The maximum Gasteiger partial charge on any atom is 0.241 e. The van der Waals surface area contributed by atoms with Gasteiger partial charge in [-0.2, -0.15) is 0 Å². The summed E-state index contributed by atoms with van der Waals surface area (Å²) in [5.41, 5.74) is 0.634. The Hall–Kier alpha value is -1.62. The Kier molecular flexibility index (Phi) is 4.74. The summed E-state index contributed by atoms with van der Waals surface area (Å²) in [5, 5.41) is 6.14. The number of ether oxygens (including phenoxy) is 1. The van der Waals surface area contributed by atoms with Gasteiger partial charge in [-0.25, -0.2) is 4.98 Å². The number of amides is 1. The minimum Gasteiger partial charge on any atom is -0.476 e. The summed E-state index contributed by atoms with van der Waals surface area (Å²) < 4.78 is 5.40. The van der Waals surface area contributed by atoms with E-state index in [-0.39, 0.29) is 11.9 Å². The smallest absolute Gasteiger partial charge is 0.241 e. The molecular formula is C14H21N3O2. The van der Waals surface area contributed by atoms with Gasteiger partial charge in [0.15, 0.2) is 0 Å². The maximum absolute atomic E-state index is 12.2. The van der Waals surface area contributed by atoms with Crippen LogP contribution in [0.1, 0.15) is 26.7 Å². The highest BCUT2D eigenvalue weighted by Crippen LogP contribution is 2.22. The molecule has 2 unspecified atom stereocenters. The molecule has 104 valence electrons. The van der Waals surface area contributed by atoms with Gasteiger partial charge >= 0.3 is 0 Å². The number of nitrogens with one attached hydrogen (secondary N) is 2. The zero-order valence-corrected chi connectivity index (χ0v) is 11.5. The minimum absolute atomic E-state index is 0.0134. The zero-order chi connectivity index (χ0) is 13.7. The third-order valence-electron chi connectivity index (χ3n) is 3.29. The third-order valence-corrected chi connectivity index (χ3v) is 3.29. The molecule has 0 radical (unpaired) electrons. The molecule has 5 nitrogen and oxygen atoms in total. The standard InChI is InChI=1S/C14H21N3O2/c1-3-19-14-11(5-4-7-16-14)17-13(18)12-9-10(2)6-8-15-12/h4-5,7,10,12,15H,3,6,8-9H2,1-2H3,(H,17,18). The van der Waals surface area contributed by atoms with Gasteiger partial charge in [0.2, 0.25) is 11.8 Å². The van der Waals surface area contributed by atoms with Gasteiger partial charge in [0.25, 0.3) is 0 Å². The van der Waals surface area contributed by atoms with Gasteiger partial charge in [-0.3, -0.25) is 4.79 Å². The molecule has 2 rings (SSSR count). The van der Waals surface area contributed by atoms with Crippen LogP contribution in [0.2, 0.25) is 0 Å². The average molecular weight is 263 g/mol. The van der Waals surface area contributed by atoms with Crippen LogP contribution in [-0.2, 0) is 4.79 Å². The van der Waals surface area contributed by atoms with Crippen molar-refractivity contribution >= 4 is 11.6 Å². The second-order valence-corrected chi connectivity index (χ2v) is 4.91. The Labute approximate surface area is 113 Å². The van der Waals surface area contributed by atoms with Crippen molar-refractivity contribution in [3.8, 4) is 5.88 Å². The first kappa shape index (κ1) is 13.8. The molecule has 19 heavy (non-hydrogen) atoms. The molecule has 0 bridgehead atoms. The topological polar surface area (TPSA) is 63.2 Å². The molecule has 0 aliphatic carbocycles. The summed E-state index contributed by atoms with van der Waals surface area (Å²) in [5.74, 6) is 1.04. The van der Waals surface area contributed by atoms with Gasteiger partial charge in [-0.1, -0.05) is 6.92 Å². The fraction of sp³-hybridized carbons (Fsp3) is 0.571. The molecule has 0 saturated carbocycles. The van der Waals surface area contributed by atoms with E-state index in [1.54, 1.807) is 12.3 Å². The number of anilines is 1. The average Bonchev–Trinajstić information content (AvgIpc) is 2.41. The van der Waals surface area contributed by atoms with E-state index in [1.165, 1.54) is 0 Å². The highest BCUT2D eigenvalue weighted by molar-refractivity contribution is 5.95. The molecule has 1 fully saturated rings. The van der Waals surface area contributed by atoms with Gasteiger partial charge in [0.1, 0.15) is 5.69 Å². The Balaban J connectivity index is 2.02. The molecule has 0 aromatic carbocycles. The van der Waals surface area contributed by atoms with Gasteiger partial charge in [0.05, 0.1) is 12.6 Å². The van der Waals surface area contributed by atoms with E-state index < -0.39 is 0 Å². The van der Waals surface area contributed by atoms with Crippen LogP contribution in [0.5, 0.6) is 5.88 Å².